The highest BCUT2D eigenvalue weighted by molar-refractivity contribution is 7.13. The summed E-state index contributed by atoms with van der Waals surface area (Å²) >= 11 is 1.35. The van der Waals surface area contributed by atoms with Gasteiger partial charge in [0.1, 0.15) is 0 Å². The Bertz CT molecular complexity index is 956. The number of amides is 1. The first-order valence-corrected chi connectivity index (χ1v) is 11.9. The molecule has 1 fully saturated rings. The summed E-state index contributed by atoms with van der Waals surface area (Å²) in [5.41, 5.74) is 4.26. The number of carbonyl (C=O) groups is 2. The number of hydrogen-bond donors (Lipinski definition) is 2. The Morgan fingerprint density at radius 3 is 2.82 bits per heavy atom. The van der Waals surface area contributed by atoms with Crippen molar-refractivity contribution in [1.29, 1.82) is 0 Å². The Labute approximate surface area is 197 Å². The minimum absolute atomic E-state index is 0.0555. The molecule has 9 nitrogen and oxygen atoms in total. The molecule has 0 bridgehead atoms. The van der Waals surface area contributed by atoms with Crippen LogP contribution in [0.15, 0.2) is 28.7 Å². The van der Waals surface area contributed by atoms with Gasteiger partial charge in [-0.05, 0) is 43.5 Å². The quantitative estimate of drug-likeness (QED) is 0.291. The molecule has 0 atom stereocenters. The average Bonchev–Trinajstić information content (AvgIpc) is 3.25. The number of benzene rings is 1. The van der Waals surface area contributed by atoms with Gasteiger partial charge in [0.05, 0.1) is 32.0 Å². The number of aromatic nitrogens is 1. The van der Waals surface area contributed by atoms with Gasteiger partial charge in [0, 0.05) is 11.4 Å². The van der Waals surface area contributed by atoms with Crippen LogP contribution < -0.4 is 20.2 Å². The number of nitrogens with one attached hydrogen (secondary N) is 2. The van der Waals surface area contributed by atoms with Gasteiger partial charge in [0.2, 0.25) is 5.13 Å². The van der Waals surface area contributed by atoms with Crippen molar-refractivity contribution in [2.45, 2.75) is 51.5 Å². The van der Waals surface area contributed by atoms with Gasteiger partial charge in [-0.1, -0.05) is 19.3 Å². The summed E-state index contributed by atoms with van der Waals surface area (Å²) in [6.07, 6.45) is 7.38. The maximum atomic E-state index is 12.2. The summed E-state index contributed by atoms with van der Waals surface area (Å²) in [7, 11) is 1.55. The van der Waals surface area contributed by atoms with Crippen molar-refractivity contribution in [2.75, 3.05) is 25.7 Å². The zero-order valence-corrected chi connectivity index (χ0v) is 19.8. The Morgan fingerprint density at radius 2 is 2.06 bits per heavy atom. The van der Waals surface area contributed by atoms with Crippen LogP contribution in [0.5, 0.6) is 11.5 Å². The number of carbonyl (C=O) groups excluding carboxylic acids is 2. The smallest absolute Gasteiger partial charge is 0.311 e. The minimum atomic E-state index is -0.307. The average molecular weight is 475 g/mol. The third kappa shape index (κ3) is 8.05. The number of methoxy groups -OCH3 is 1. The molecule has 10 heteroatoms. The lowest BCUT2D eigenvalue weighted by atomic mass is 9.95. The first-order valence-electron chi connectivity index (χ1n) is 11.1. The number of thiazole rings is 1. The number of ether oxygens (including phenoxy) is 3. The molecule has 3 rings (SSSR count). The van der Waals surface area contributed by atoms with E-state index in [0.29, 0.717) is 28.9 Å². The van der Waals surface area contributed by atoms with Gasteiger partial charge in [-0.3, -0.25) is 15.0 Å². The number of anilines is 1. The predicted molar refractivity (Wildman–Crippen MR) is 127 cm³/mol. The van der Waals surface area contributed by atoms with Crippen LogP contribution in [0.2, 0.25) is 0 Å². The van der Waals surface area contributed by atoms with Gasteiger partial charge >= 0.3 is 5.97 Å². The zero-order chi connectivity index (χ0) is 23.5. The molecule has 178 valence electrons. The van der Waals surface area contributed by atoms with Crippen molar-refractivity contribution in [2.24, 2.45) is 5.10 Å². The number of rotatable bonds is 11. The van der Waals surface area contributed by atoms with E-state index in [4.69, 9.17) is 14.2 Å². The molecule has 0 unspecified atom stereocenters. The molecule has 1 saturated carbocycles. The van der Waals surface area contributed by atoms with Crippen molar-refractivity contribution in [1.82, 2.24) is 10.3 Å². The van der Waals surface area contributed by atoms with Gasteiger partial charge in [-0.15, -0.1) is 11.3 Å². The monoisotopic (exact) mass is 474 g/mol. The molecule has 1 aliphatic rings. The molecular formula is C23H30N4O5S. The van der Waals surface area contributed by atoms with Gasteiger partial charge in [-0.2, -0.15) is 5.10 Å². The van der Waals surface area contributed by atoms with Crippen molar-refractivity contribution in [3.05, 3.63) is 34.8 Å². The fraction of sp³-hybridized carbons (Fsp3) is 0.478. The van der Waals surface area contributed by atoms with E-state index < -0.39 is 0 Å². The second-order valence-electron chi connectivity index (χ2n) is 7.60. The highest BCUT2D eigenvalue weighted by Gasteiger charge is 2.16. The van der Waals surface area contributed by atoms with Crippen LogP contribution in [0.1, 0.15) is 50.3 Å². The van der Waals surface area contributed by atoms with E-state index in [0.717, 1.165) is 31.2 Å². The molecular weight excluding hydrogens is 444 g/mol. The van der Waals surface area contributed by atoms with Gasteiger partial charge in [0.15, 0.2) is 18.1 Å². The van der Waals surface area contributed by atoms with E-state index in [9.17, 15) is 9.59 Å². The van der Waals surface area contributed by atoms with E-state index >= 15 is 0 Å². The fourth-order valence-electron chi connectivity index (χ4n) is 3.50. The van der Waals surface area contributed by atoms with Crippen LogP contribution in [0.4, 0.5) is 5.13 Å². The van der Waals surface area contributed by atoms with Gasteiger partial charge in [-0.25, -0.2) is 4.98 Å². The van der Waals surface area contributed by atoms with Crippen molar-refractivity contribution in [3.63, 3.8) is 0 Å². The Morgan fingerprint density at radius 1 is 1.24 bits per heavy atom. The highest BCUT2D eigenvalue weighted by atomic mass is 32.1. The normalized spacial score (nSPS) is 14.1. The standard InChI is InChI=1S/C23H30N4O5S/c1-3-31-22(29)12-18-15-33-23(26-18)27-24-13-16-9-10-19(20(11-16)30-2)32-14-21(28)25-17-7-5-4-6-8-17/h9-11,13,15,17H,3-8,12,14H2,1-2H3,(H,25,28)(H,26,27). The lowest BCUT2D eigenvalue weighted by molar-refractivity contribution is -0.142. The summed E-state index contributed by atoms with van der Waals surface area (Å²) in [5, 5.41) is 9.57. The summed E-state index contributed by atoms with van der Waals surface area (Å²) in [6, 6.07) is 5.58. The van der Waals surface area contributed by atoms with Crippen LogP contribution in [0.3, 0.4) is 0 Å². The highest BCUT2D eigenvalue weighted by Crippen LogP contribution is 2.27. The Balaban J connectivity index is 1.49. The number of hydrazone groups is 1. The summed E-state index contributed by atoms with van der Waals surface area (Å²) in [6.45, 7) is 2.06. The molecule has 1 aromatic carbocycles. The molecule has 1 aromatic heterocycles. The van der Waals surface area contributed by atoms with Crippen molar-refractivity contribution in [3.8, 4) is 11.5 Å². The Kier molecular flexibility index (Phi) is 9.49. The van der Waals surface area contributed by atoms with E-state index in [-0.39, 0.29) is 30.9 Å². The molecule has 2 N–H and O–H groups in total. The summed E-state index contributed by atoms with van der Waals surface area (Å²) < 4.78 is 16.0. The summed E-state index contributed by atoms with van der Waals surface area (Å²) in [5.74, 6) is 0.573. The van der Waals surface area contributed by atoms with Crippen molar-refractivity contribution >= 4 is 34.6 Å². The van der Waals surface area contributed by atoms with E-state index in [2.05, 4.69) is 20.8 Å². The van der Waals surface area contributed by atoms with Crippen LogP contribution in [-0.4, -0.2) is 49.4 Å². The molecule has 0 aliphatic heterocycles. The van der Waals surface area contributed by atoms with Crippen LogP contribution >= 0.6 is 11.3 Å². The SMILES string of the molecule is CCOC(=O)Cc1csc(NN=Cc2ccc(OCC(=O)NC3CCCCC3)c(OC)c2)n1. The van der Waals surface area contributed by atoms with E-state index in [1.807, 2.05) is 6.07 Å². The van der Waals surface area contributed by atoms with Crippen molar-refractivity contribution < 1.29 is 23.8 Å². The second-order valence-corrected chi connectivity index (χ2v) is 8.46. The second kappa shape index (κ2) is 12.8. The molecule has 0 spiro atoms. The molecule has 33 heavy (non-hydrogen) atoms. The van der Waals surface area contributed by atoms with E-state index in [1.54, 1.807) is 37.8 Å². The third-order valence-corrected chi connectivity index (χ3v) is 5.87. The minimum Gasteiger partial charge on any atom is -0.493 e. The predicted octanol–water partition coefficient (Wildman–Crippen LogP) is 3.53. The molecule has 1 amide bonds. The first-order chi connectivity index (χ1) is 16.1. The number of nitrogens with zero attached hydrogens (tertiary/aromatic N) is 2. The molecule has 2 aromatic rings. The van der Waals surface area contributed by atoms with Crippen LogP contribution in [0.25, 0.3) is 0 Å². The molecule has 0 saturated heterocycles. The molecule has 1 heterocycles. The third-order valence-electron chi connectivity index (χ3n) is 5.07. The van der Waals surface area contributed by atoms with E-state index in [1.165, 1.54) is 17.8 Å². The van der Waals surface area contributed by atoms with Crippen LogP contribution in [-0.2, 0) is 20.7 Å². The first kappa shape index (κ1) is 24.5. The maximum Gasteiger partial charge on any atom is 0.311 e. The number of hydrogen-bond acceptors (Lipinski definition) is 9. The fourth-order valence-corrected chi connectivity index (χ4v) is 4.16. The lowest BCUT2D eigenvalue weighted by Gasteiger charge is -2.22. The zero-order valence-electron chi connectivity index (χ0n) is 19.0. The number of esters is 1. The van der Waals surface area contributed by atoms with Gasteiger partial charge in [0.25, 0.3) is 5.91 Å². The largest absolute Gasteiger partial charge is 0.493 e. The lowest BCUT2D eigenvalue weighted by Crippen LogP contribution is -2.39. The summed E-state index contributed by atoms with van der Waals surface area (Å²) in [4.78, 5) is 28.0. The topological polar surface area (TPSA) is 111 Å². The van der Waals surface area contributed by atoms with Gasteiger partial charge < -0.3 is 19.5 Å². The molecule has 0 radical (unpaired) electrons. The molecule has 1 aliphatic carbocycles. The Hall–Kier alpha value is -3.14. The van der Waals surface area contributed by atoms with Crippen LogP contribution in [0, 0.1) is 0 Å². The maximum absolute atomic E-state index is 12.2.